The first-order chi connectivity index (χ1) is 7.81. The van der Waals surface area contributed by atoms with Crippen molar-refractivity contribution in [2.75, 3.05) is 0 Å². The van der Waals surface area contributed by atoms with Crippen LogP contribution in [0.4, 0.5) is 0 Å². The Kier molecular flexibility index (Phi) is 3.37. The van der Waals surface area contributed by atoms with E-state index in [0.29, 0.717) is 6.54 Å². The highest BCUT2D eigenvalue weighted by atomic mass is 16.3. The molecule has 0 amide bonds. The Labute approximate surface area is 95.0 Å². The molecule has 1 unspecified atom stereocenters. The van der Waals surface area contributed by atoms with Crippen molar-refractivity contribution in [3.63, 3.8) is 0 Å². The van der Waals surface area contributed by atoms with Gasteiger partial charge in [0.2, 0.25) is 0 Å². The third-order valence-electron chi connectivity index (χ3n) is 2.64. The predicted molar refractivity (Wildman–Crippen MR) is 65.2 cm³/mol. The van der Waals surface area contributed by atoms with Crippen LogP contribution < -0.4 is 0 Å². The fraction of sp³-hybridized carbons (Fsp3) is 0.308. The third-order valence-corrected chi connectivity index (χ3v) is 2.64. The monoisotopic (exact) mass is 216 g/mol. The summed E-state index contributed by atoms with van der Waals surface area (Å²) in [5.41, 5.74) is 2.04. The van der Waals surface area contributed by atoms with Crippen LogP contribution >= 0.6 is 0 Å². The van der Waals surface area contributed by atoms with Crippen LogP contribution in [0.15, 0.2) is 43.2 Å². The van der Waals surface area contributed by atoms with E-state index in [1.54, 1.807) is 6.33 Å². The molecule has 1 atom stereocenters. The molecule has 0 bridgehead atoms. The highest BCUT2D eigenvalue weighted by molar-refractivity contribution is 5.74. The van der Waals surface area contributed by atoms with Crippen molar-refractivity contribution < 1.29 is 5.11 Å². The number of aromatic nitrogens is 2. The number of fused-ring (bicyclic) bond motifs is 1. The summed E-state index contributed by atoms with van der Waals surface area (Å²) in [5, 5.41) is 9.82. The van der Waals surface area contributed by atoms with Gasteiger partial charge in [-0.3, -0.25) is 0 Å². The van der Waals surface area contributed by atoms with Gasteiger partial charge < -0.3 is 9.67 Å². The van der Waals surface area contributed by atoms with E-state index in [0.717, 1.165) is 23.9 Å². The van der Waals surface area contributed by atoms with Gasteiger partial charge in [0.05, 0.1) is 30.0 Å². The van der Waals surface area contributed by atoms with Crippen LogP contribution in [0.1, 0.15) is 12.8 Å². The number of nitrogens with zero attached hydrogens (tertiary/aromatic N) is 2. The maximum absolute atomic E-state index is 9.82. The van der Waals surface area contributed by atoms with Gasteiger partial charge in [-0.05, 0) is 25.0 Å². The molecule has 1 heterocycles. The molecule has 84 valence electrons. The van der Waals surface area contributed by atoms with Gasteiger partial charge in [0.1, 0.15) is 0 Å². The van der Waals surface area contributed by atoms with Crippen LogP contribution in [-0.2, 0) is 6.54 Å². The molecule has 2 aromatic rings. The van der Waals surface area contributed by atoms with Crippen LogP contribution in [0.25, 0.3) is 11.0 Å². The van der Waals surface area contributed by atoms with Crippen LogP contribution in [0.2, 0.25) is 0 Å². The second kappa shape index (κ2) is 4.94. The molecule has 0 saturated heterocycles. The maximum atomic E-state index is 9.82. The Bertz CT molecular complexity index is 475. The van der Waals surface area contributed by atoms with E-state index < -0.39 is 0 Å². The van der Waals surface area contributed by atoms with Crippen molar-refractivity contribution in [1.82, 2.24) is 9.55 Å². The molecule has 1 aromatic carbocycles. The van der Waals surface area contributed by atoms with Gasteiger partial charge in [-0.25, -0.2) is 4.98 Å². The zero-order valence-corrected chi connectivity index (χ0v) is 9.21. The van der Waals surface area contributed by atoms with Crippen molar-refractivity contribution >= 4 is 11.0 Å². The normalized spacial score (nSPS) is 12.8. The van der Waals surface area contributed by atoms with Crippen molar-refractivity contribution in [2.45, 2.75) is 25.5 Å². The lowest BCUT2D eigenvalue weighted by Crippen LogP contribution is -2.14. The van der Waals surface area contributed by atoms with Crippen molar-refractivity contribution in [3.8, 4) is 0 Å². The predicted octanol–water partition coefficient (Wildman–Crippen LogP) is 2.36. The van der Waals surface area contributed by atoms with Crippen LogP contribution in [-0.4, -0.2) is 20.8 Å². The number of hydrogen-bond donors (Lipinski definition) is 1. The summed E-state index contributed by atoms with van der Waals surface area (Å²) in [5.74, 6) is 0. The SMILES string of the molecule is C=CCCC(O)Cn1cnc2ccccc21. The van der Waals surface area contributed by atoms with Gasteiger partial charge in [0.15, 0.2) is 0 Å². The summed E-state index contributed by atoms with van der Waals surface area (Å²) in [7, 11) is 0. The number of imidazole rings is 1. The summed E-state index contributed by atoms with van der Waals surface area (Å²) in [6.07, 6.45) is 4.86. The van der Waals surface area contributed by atoms with Gasteiger partial charge in [-0.1, -0.05) is 18.2 Å². The number of rotatable bonds is 5. The van der Waals surface area contributed by atoms with E-state index in [9.17, 15) is 5.11 Å². The van der Waals surface area contributed by atoms with Crippen molar-refractivity contribution in [3.05, 3.63) is 43.2 Å². The highest BCUT2D eigenvalue weighted by Crippen LogP contribution is 2.13. The van der Waals surface area contributed by atoms with E-state index in [1.807, 2.05) is 34.9 Å². The molecule has 1 aromatic heterocycles. The molecular formula is C13H16N2O. The lowest BCUT2D eigenvalue weighted by atomic mass is 10.2. The number of benzene rings is 1. The average molecular weight is 216 g/mol. The number of aliphatic hydroxyl groups is 1. The second-order valence-corrected chi connectivity index (χ2v) is 3.91. The van der Waals surface area contributed by atoms with E-state index >= 15 is 0 Å². The minimum atomic E-state index is -0.337. The molecule has 1 N–H and O–H groups in total. The summed E-state index contributed by atoms with van der Waals surface area (Å²) < 4.78 is 1.99. The molecule has 16 heavy (non-hydrogen) atoms. The van der Waals surface area contributed by atoms with E-state index in [2.05, 4.69) is 11.6 Å². The fourth-order valence-electron chi connectivity index (χ4n) is 1.78. The summed E-state index contributed by atoms with van der Waals surface area (Å²) in [6.45, 7) is 4.24. The van der Waals surface area contributed by atoms with Crippen LogP contribution in [0, 0.1) is 0 Å². The number of allylic oxidation sites excluding steroid dienone is 1. The lowest BCUT2D eigenvalue weighted by molar-refractivity contribution is 0.147. The fourth-order valence-corrected chi connectivity index (χ4v) is 1.78. The van der Waals surface area contributed by atoms with Crippen LogP contribution in [0.3, 0.4) is 0 Å². The first kappa shape index (κ1) is 10.9. The van der Waals surface area contributed by atoms with E-state index in [1.165, 1.54) is 0 Å². The maximum Gasteiger partial charge on any atom is 0.0959 e. The molecule has 3 heteroatoms. The van der Waals surface area contributed by atoms with E-state index in [4.69, 9.17) is 0 Å². The minimum Gasteiger partial charge on any atom is -0.391 e. The zero-order chi connectivity index (χ0) is 11.4. The molecule has 0 aliphatic rings. The summed E-state index contributed by atoms with van der Waals surface area (Å²) >= 11 is 0. The van der Waals surface area contributed by atoms with Gasteiger partial charge >= 0.3 is 0 Å². The molecule has 2 rings (SSSR count). The molecule has 0 spiro atoms. The average Bonchev–Trinajstić information content (AvgIpc) is 2.70. The molecule has 0 aliphatic carbocycles. The van der Waals surface area contributed by atoms with Crippen molar-refractivity contribution in [1.29, 1.82) is 0 Å². The molecule has 0 fully saturated rings. The van der Waals surface area contributed by atoms with Gasteiger partial charge in [0, 0.05) is 0 Å². The quantitative estimate of drug-likeness (QED) is 0.779. The summed E-state index contributed by atoms with van der Waals surface area (Å²) in [4.78, 5) is 4.28. The first-order valence-corrected chi connectivity index (χ1v) is 5.50. The number of para-hydroxylation sites is 2. The van der Waals surface area contributed by atoms with Gasteiger partial charge in [-0.15, -0.1) is 6.58 Å². The highest BCUT2D eigenvalue weighted by Gasteiger charge is 2.07. The standard InChI is InChI=1S/C13H16N2O/c1-2-3-6-11(16)9-15-10-14-12-7-4-5-8-13(12)15/h2,4-5,7-8,10-11,16H,1,3,6,9H2. The molecule has 0 radical (unpaired) electrons. The smallest absolute Gasteiger partial charge is 0.0959 e. The largest absolute Gasteiger partial charge is 0.391 e. The van der Waals surface area contributed by atoms with Crippen molar-refractivity contribution in [2.24, 2.45) is 0 Å². The lowest BCUT2D eigenvalue weighted by Gasteiger charge is -2.10. The second-order valence-electron chi connectivity index (χ2n) is 3.91. The van der Waals surface area contributed by atoms with Gasteiger partial charge in [0.25, 0.3) is 0 Å². The Balaban J connectivity index is 2.12. The summed E-state index contributed by atoms with van der Waals surface area (Å²) in [6, 6.07) is 7.94. The number of aliphatic hydroxyl groups excluding tert-OH is 1. The van der Waals surface area contributed by atoms with Gasteiger partial charge in [-0.2, -0.15) is 0 Å². The zero-order valence-electron chi connectivity index (χ0n) is 9.21. The van der Waals surface area contributed by atoms with Crippen LogP contribution in [0.5, 0.6) is 0 Å². The Morgan fingerprint density at radius 3 is 3.06 bits per heavy atom. The first-order valence-electron chi connectivity index (χ1n) is 5.50. The van der Waals surface area contributed by atoms with E-state index in [-0.39, 0.29) is 6.10 Å². The third kappa shape index (κ3) is 2.31. The molecular weight excluding hydrogens is 200 g/mol. The Morgan fingerprint density at radius 1 is 1.44 bits per heavy atom. The number of hydrogen-bond acceptors (Lipinski definition) is 2. The Hall–Kier alpha value is -1.61. The topological polar surface area (TPSA) is 38.0 Å². The minimum absolute atomic E-state index is 0.337. The molecule has 3 nitrogen and oxygen atoms in total. The Morgan fingerprint density at radius 2 is 2.25 bits per heavy atom. The molecule has 0 saturated carbocycles. The molecule has 0 aliphatic heterocycles.